The maximum atomic E-state index is 10.6. The molecule has 0 aromatic rings. The van der Waals surface area contributed by atoms with E-state index >= 15 is 0 Å². The summed E-state index contributed by atoms with van der Waals surface area (Å²) in [5.41, 5.74) is 0.221. The summed E-state index contributed by atoms with van der Waals surface area (Å²) in [5.74, 6) is -0.758. The van der Waals surface area contributed by atoms with Crippen molar-refractivity contribution in [1.29, 1.82) is 0 Å². The van der Waals surface area contributed by atoms with Gasteiger partial charge in [-0.05, 0) is 27.2 Å². The van der Waals surface area contributed by atoms with Gasteiger partial charge in [0, 0.05) is 12.2 Å². The van der Waals surface area contributed by atoms with Crippen molar-refractivity contribution in [1.82, 2.24) is 5.32 Å². The Labute approximate surface area is 73.5 Å². The molecule has 0 aliphatic heterocycles. The first-order chi connectivity index (χ1) is 5.36. The standard InChI is InChI=1S/C9H17NO2/c1-7(2)10-6-5-9(3,4)8(11)12/h10H,1,5-6H2,2-4H3,(H,11,12). The van der Waals surface area contributed by atoms with E-state index in [-0.39, 0.29) is 0 Å². The van der Waals surface area contributed by atoms with Crippen molar-refractivity contribution >= 4 is 5.97 Å². The highest BCUT2D eigenvalue weighted by Crippen LogP contribution is 2.19. The monoisotopic (exact) mass is 171 g/mol. The van der Waals surface area contributed by atoms with Gasteiger partial charge in [-0.15, -0.1) is 0 Å². The molecule has 0 unspecified atom stereocenters. The lowest BCUT2D eigenvalue weighted by atomic mass is 9.90. The average molecular weight is 171 g/mol. The number of carboxylic acids is 1. The molecule has 0 saturated heterocycles. The molecule has 0 aliphatic carbocycles. The van der Waals surface area contributed by atoms with Gasteiger partial charge in [0.05, 0.1) is 5.41 Å². The number of hydrogen-bond acceptors (Lipinski definition) is 2. The topological polar surface area (TPSA) is 49.3 Å². The van der Waals surface area contributed by atoms with Crippen LogP contribution in [-0.2, 0) is 4.79 Å². The molecule has 3 nitrogen and oxygen atoms in total. The van der Waals surface area contributed by atoms with E-state index < -0.39 is 11.4 Å². The largest absolute Gasteiger partial charge is 0.481 e. The molecule has 0 spiro atoms. The van der Waals surface area contributed by atoms with E-state index in [2.05, 4.69) is 11.9 Å². The van der Waals surface area contributed by atoms with Gasteiger partial charge in [-0.2, -0.15) is 0 Å². The zero-order valence-corrected chi connectivity index (χ0v) is 7.98. The van der Waals surface area contributed by atoms with E-state index in [1.807, 2.05) is 6.92 Å². The average Bonchev–Trinajstić information content (AvgIpc) is 1.85. The van der Waals surface area contributed by atoms with E-state index in [4.69, 9.17) is 5.11 Å². The molecule has 0 rings (SSSR count). The van der Waals surface area contributed by atoms with E-state index in [9.17, 15) is 4.79 Å². The maximum Gasteiger partial charge on any atom is 0.309 e. The second-order valence-corrected chi connectivity index (χ2v) is 3.65. The predicted molar refractivity (Wildman–Crippen MR) is 48.9 cm³/mol. The number of allylic oxidation sites excluding steroid dienone is 1. The van der Waals surface area contributed by atoms with Gasteiger partial charge in [-0.3, -0.25) is 4.79 Å². The third kappa shape index (κ3) is 4.01. The number of aliphatic carboxylic acids is 1. The first-order valence-electron chi connectivity index (χ1n) is 3.99. The second-order valence-electron chi connectivity index (χ2n) is 3.65. The van der Waals surface area contributed by atoms with E-state index in [0.29, 0.717) is 13.0 Å². The van der Waals surface area contributed by atoms with Crippen LogP contribution in [0.1, 0.15) is 27.2 Å². The molecule has 0 saturated carbocycles. The van der Waals surface area contributed by atoms with Gasteiger partial charge in [-0.25, -0.2) is 0 Å². The third-order valence-electron chi connectivity index (χ3n) is 1.76. The number of nitrogens with one attached hydrogen (secondary N) is 1. The molecule has 0 bridgehead atoms. The van der Waals surface area contributed by atoms with Crippen LogP contribution >= 0.6 is 0 Å². The summed E-state index contributed by atoms with van der Waals surface area (Å²) in [6.07, 6.45) is 0.606. The van der Waals surface area contributed by atoms with Crippen LogP contribution in [0.5, 0.6) is 0 Å². The van der Waals surface area contributed by atoms with Crippen molar-refractivity contribution in [3.05, 3.63) is 12.3 Å². The van der Waals surface area contributed by atoms with Gasteiger partial charge in [0.2, 0.25) is 0 Å². The Kier molecular flexibility index (Phi) is 3.80. The smallest absolute Gasteiger partial charge is 0.309 e. The SMILES string of the molecule is C=C(C)NCCC(C)(C)C(=O)O. The minimum absolute atomic E-state index is 0.606. The van der Waals surface area contributed by atoms with Gasteiger partial charge in [0.15, 0.2) is 0 Å². The molecule has 0 heterocycles. The fraction of sp³-hybridized carbons (Fsp3) is 0.667. The molecular formula is C9H17NO2. The van der Waals surface area contributed by atoms with Gasteiger partial charge >= 0.3 is 5.97 Å². The molecule has 0 aliphatic rings. The lowest BCUT2D eigenvalue weighted by Crippen LogP contribution is -2.28. The summed E-state index contributed by atoms with van der Waals surface area (Å²) in [5, 5.41) is 11.8. The van der Waals surface area contributed by atoms with Crippen LogP contribution < -0.4 is 5.32 Å². The molecule has 0 atom stereocenters. The Morgan fingerprint density at radius 2 is 2.08 bits per heavy atom. The van der Waals surface area contributed by atoms with Crippen molar-refractivity contribution in [2.75, 3.05) is 6.54 Å². The molecule has 2 N–H and O–H groups in total. The van der Waals surface area contributed by atoms with Crippen molar-refractivity contribution in [2.45, 2.75) is 27.2 Å². The highest BCUT2D eigenvalue weighted by Gasteiger charge is 2.25. The maximum absolute atomic E-state index is 10.6. The minimum Gasteiger partial charge on any atom is -0.481 e. The van der Waals surface area contributed by atoms with Crippen molar-refractivity contribution in [2.24, 2.45) is 5.41 Å². The van der Waals surface area contributed by atoms with Crippen LogP contribution in [0.4, 0.5) is 0 Å². The normalized spacial score (nSPS) is 10.9. The van der Waals surface area contributed by atoms with Crippen molar-refractivity contribution in [3.63, 3.8) is 0 Å². The lowest BCUT2D eigenvalue weighted by Gasteiger charge is -2.19. The molecule has 0 amide bonds. The summed E-state index contributed by atoms with van der Waals surface area (Å²) < 4.78 is 0. The number of rotatable bonds is 5. The van der Waals surface area contributed by atoms with Crippen LogP contribution in [0.3, 0.4) is 0 Å². The fourth-order valence-electron chi connectivity index (χ4n) is 0.695. The molecule has 3 heteroatoms. The molecule has 0 aromatic carbocycles. The highest BCUT2D eigenvalue weighted by atomic mass is 16.4. The van der Waals surface area contributed by atoms with Gasteiger partial charge in [0.1, 0.15) is 0 Å². The molecule has 0 radical (unpaired) electrons. The van der Waals surface area contributed by atoms with E-state index in [1.165, 1.54) is 0 Å². The Morgan fingerprint density at radius 1 is 1.58 bits per heavy atom. The number of carboxylic acid groups (broad SMARTS) is 1. The van der Waals surface area contributed by atoms with Crippen LogP contribution in [0.15, 0.2) is 12.3 Å². The quantitative estimate of drug-likeness (QED) is 0.660. The minimum atomic E-state index is -0.758. The Morgan fingerprint density at radius 3 is 2.42 bits per heavy atom. The van der Waals surface area contributed by atoms with Gasteiger partial charge < -0.3 is 10.4 Å². The van der Waals surface area contributed by atoms with Gasteiger partial charge in [-0.1, -0.05) is 6.58 Å². The van der Waals surface area contributed by atoms with Crippen LogP contribution in [0, 0.1) is 5.41 Å². The Hall–Kier alpha value is -0.990. The number of carbonyl (C=O) groups is 1. The summed E-state index contributed by atoms with van der Waals surface area (Å²) in [4.78, 5) is 10.6. The summed E-state index contributed by atoms with van der Waals surface area (Å²) in [7, 11) is 0. The second kappa shape index (κ2) is 4.14. The van der Waals surface area contributed by atoms with E-state index in [1.54, 1.807) is 13.8 Å². The number of hydrogen-bond donors (Lipinski definition) is 2. The fourth-order valence-corrected chi connectivity index (χ4v) is 0.695. The molecule has 0 aromatic heterocycles. The highest BCUT2D eigenvalue weighted by molar-refractivity contribution is 5.73. The zero-order chi connectivity index (χ0) is 9.78. The third-order valence-corrected chi connectivity index (χ3v) is 1.76. The summed E-state index contributed by atoms with van der Waals surface area (Å²) >= 11 is 0. The lowest BCUT2D eigenvalue weighted by molar-refractivity contribution is -0.147. The first kappa shape index (κ1) is 11.0. The molecule has 0 fully saturated rings. The molecule has 70 valence electrons. The Bertz CT molecular complexity index is 185. The van der Waals surface area contributed by atoms with Crippen molar-refractivity contribution < 1.29 is 9.90 Å². The van der Waals surface area contributed by atoms with Gasteiger partial charge in [0.25, 0.3) is 0 Å². The predicted octanol–water partition coefficient (Wildman–Crippen LogP) is 1.61. The van der Waals surface area contributed by atoms with E-state index in [0.717, 1.165) is 5.70 Å². The first-order valence-corrected chi connectivity index (χ1v) is 3.99. The molecule has 12 heavy (non-hydrogen) atoms. The van der Waals surface area contributed by atoms with Crippen molar-refractivity contribution in [3.8, 4) is 0 Å². The zero-order valence-electron chi connectivity index (χ0n) is 7.98. The van der Waals surface area contributed by atoms with Crippen LogP contribution in [0.2, 0.25) is 0 Å². The summed E-state index contributed by atoms with van der Waals surface area (Å²) in [6.45, 7) is 9.61. The van der Waals surface area contributed by atoms with Crippen LogP contribution in [-0.4, -0.2) is 17.6 Å². The summed E-state index contributed by atoms with van der Waals surface area (Å²) in [6, 6.07) is 0. The Balaban J connectivity index is 3.76. The molecular weight excluding hydrogens is 154 g/mol. The van der Waals surface area contributed by atoms with Crippen LogP contribution in [0.25, 0.3) is 0 Å².